The number of likely N-dealkylation sites (N-methyl/N-ethyl adjacent to an activating group) is 1. The highest BCUT2D eigenvalue weighted by molar-refractivity contribution is 6.30. The molecule has 1 unspecified atom stereocenters. The lowest BCUT2D eigenvalue weighted by Gasteiger charge is -2.26. The Balaban J connectivity index is 1.38. The number of rotatable bonds is 7. The van der Waals surface area contributed by atoms with Gasteiger partial charge in [-0.05, 0) is 60.4 Å². The summed E-state index contributed by atoms with van der Waals surface area (Å²) in [6, 6.07) is 17.7. The van der Waals surface area contributed by atoms with E-state index < -0.39 is 5.41 Å². The predicted octanol–water partition coefficient (Wildman–Crippen LogP) is 4.18. The van der Waals surface area contributed by atoms with Gasteiger partial charge in [0.2, 0.25) is 5.91 Å². The van der Waals surface area contributed by atoms with Crippen LogP contribution in [0.5, 0.6) is 0 Å². The van der Waals surface area contributed by atoms with Crippen molar-refractivity contribution in [3.8, 4) is 0 Å². The number of pyridine rings is 1. The lowest BCUT2D eigenvalue weighted by atomic mass is 9.94. The summed E-state index contributed by atoms with van der Waals surface area (Å²) in [4.78, 5) is 31.2. The van der Waals surface area contributed by atoms with Crippen molar-refractivity contribution in [3.63, 3.8) is 0 Å². The molecule has 1 aliphatic carbocycles. The first kappa shape index (κ1) is 22.0. The number of carbonyl (C=O) groups is 2. The fourth-order valence-corrected chi connectivity index (χ4v) is 4.01. The van der Waals surface area contributed by atoms with Gasteiger partial charge in [0.25, 0.3) is 5.91 Å². The summed E-state index contributed by atoms with van der Waals surface area (Å²) in [6.07, 6.45) is 4.89. The second-order valence-electron chi connectivity index (χ2n) is 8.19. The summed E-state index contributed by atoms with van der Waals surface area (Å²) >= 11 is 5.99. The van der Waals surface area contributed by atoms with Crippen LogP contribution in [0, 0.1) is 0 Å². The Hall–Kier alpha value is -3.22. The number of nitrogens with two attached hydrogens (primary N) is 1. The quantitative estimate of drug-likeness (QED) is 0.567. The topological polar surface area (TPSA) is 88.3 Å². The van der Waals surface area contributed by atoms with Gasteiger partial charge in [0.15, 0.2) is 0 Å². The molecule has 0 spiro atoms. The second kappa shape index (κ2) is 9.10. The minimum atomic E-state index is -0.464. The minimum absolute atomic E-state index is 0.0728. The van der Waals surface area contributed by atoms with E-state index in [1.54, 1.807) is 48.6 Å². The van der Waals surface area contributed by atoms with E-state index in [2.05, 4.69) is 10.3 Å². The van der Waals surface area contributed by atoms with Gasteiger partial charge in [-0.1, -0.05) is 35.9 Å². The zero-order valence-corrected chi connectivity index (χ0v) is 18.5. The average Bonchev–Trinajstić information content (AvgIpc) is 3.61. The van der Waals surface area contributed by atoms with E-state index in [0.717, 1.165) is 24.0 Å². The Morgan fingerprint density at radius 2 is 1.69 bits per heavy atom. The highest BCUT2D eigenvalue weighted by atomic mass is 35.5. The molecule has 3 N–H and O–H groups in total. The van der Waals surface area contributed by atoms with Gasteiger partial charge in [-0.15, -0.1) is 0 Å². The summed E-state index contributed by atoms with van der Waals surface area (Å²) in [5.41, 5.74) is 8.99. The van der Waals surface area contributed by atoms with Crippen molar-refractivity contribution in [2.75, 3.05) is 18.9 Å². The zero-order chi connectivity index (χ0) is 22.7. The molecule has 0 aliphatic heterocycles. The van der Waals surface area contributed by atoms with Crippen LogP contribution in [0.15, 0.2) is 73.1 Å². The van der Waals surface area contributed by atoms with Crippen LogP contribution in [-0.2, 0) is 10.2 Å². The molecule has 0 saturated heterocycles. The number of carbonyl (C=O) groups excluding carboxylic acids is 2. The summed E-state index contributed by atoms with van der Waals surface area (Å²) < 4.78 is 0. The Kier molecular flexibility index (Phi) is 6.26. The lowest BCUT2D eigenvalue weighted by Crippen LogP contribution is -2.40. The molecule has 3 aromatic rings. The molecule has 1 fully saturated rings. The Morgan fingerprint density at radius 3 is 2.28 bits per heavy atom. The maximum absolute atomic E-state index is 13.2. The average molecular weight is 449 g/mol. The fraction of sp³-hybridized carbons (Fsp3) is 0.240. The Bertz CT molecular complexity index is 1100. The number of nitrogens with one attached hydrogen (secondary N) is 1. The van der Waals surface area contributed by atoms with Crippen LogP contribution in [0.25, 0.3) is 0 Å². The van der Waals surface area contributed by atoms with E-state index in [9.17, 15) is 9.59 Å². The molecule has 0 radical (unpaired) electrons. The van der Waals surface area contributed by atoms with Crippen LogP contribution in [0.1, 0.15) is 40.4 Å². The maximum atomic E-state index is 13.2. The Morgan fingerprint density at radius 1 is 1.06 bits per heavy atom. The molecule has 164 valence electrons. The van der Waals surface area contributed by atoms with E-state index in [4.69, 9.17) is 17.3 Å². The smallest absolute Gasteiger partial charge is 0.255 e. The van der Waals surface area contributed by atoms with Gasteiger partial charge < -0.3 is 16.0 Å². The number of hydrogen-bond donors (Lipinski definition) is 2. The molecule has 1 aromatic heterocycles. The summed E-state index contributed by atoms with van der Waals surface area (Å²) in [5, 5.41) is 3.48. The zero-order valence-electron chi connectivity index (χ0n) is 17.8. The van der Waals surface area contributed by atoms with Gasteiger partial charge in [-0.25, -0.2) is 0 Å². The molecule has 1 saturated carbocycles. The first-order valence-corrected chi connectivity index (χ1v) is 10.9. The molecule has 6 nitrogen and oxygen atoms in total. The van der Waals surface area contributed by atoms with E-state index in [1.165, 1.54) is 0 Å². The molecule has 7 heteroatoms. The number of anilines is 1. The van der Waals surface area contributed by atoms with Gasteiger partial charge in [-0.3, -0.25) is 14.6 Å². The molecule has 32 heavy (non-hydrogen) atoms. The number of halogens is 1. The summed E-state index contributed by atoms with van der Waals surface area (Å²) in [5.74, 6) is -0.133. The lowest BCUT2D eigenvalue weighted by molar-refractivity contribution is -0.132. The predicted molar refractivity (Wildman–Crippen MR) is 126 cm³/mol. The van der Waals surface area contributed by atoms with Gasteiger partial charge in [0, 0.05) is 48.3 Å². The number of hydrogen-bond acceptors (Lipinski definition) is 4. The van der Waals surface area contributed by atoms with E-state index in [0.29, 0.717) is 22.8 Å². The first-order valence-electron chi connectivity index (χ1n) is 10.5. The van der Waals surface area contributed by atoms with E-state index in [-0.39, 0.29) is 17.9 Å². The monoisotopic (exact) mass is 448 g/mol. The van der Waals surface area contributed by atoms with Crippen LogP contribution < -0.4 is 11.1 Å². The van der Waals surface area contributed by atoms with Crippen molar-refractivity contribution in [3.05, 3.63) is 94.8 Å². The highest BCUT2D eigenvalue weighted by Gasteiger charge is 2.52. The van der Waals surface area contributed by atoms with Crippen molar-refractivity contribution in [2.24, 2.45) is 5.73 Å². The minimum Gasteiger partial charge on any atom is -0.343 e. The molecule has 0 bridgehead atoms. The van der Waals surface area contributed by atoms with Gasteiger partial charge in [0.1, 0.15) is 0 Å². The van der Waals surface area contributed by atoms with Crippen LogP contribution in [0.4, 0.5) is 5.69 Å². The molecule has 2 amide bonds. The van der Waals surface area contributed by atoms with Crippen LogP contribution in [-0.4, -0.2) is 35.3 Å². The molecular formula is C25H25ClN4O2. The Labute approximate surface area is 192 Å². The summed E-state index contributed by atoms with van der Waals surface area (Å²) in [7, 11) is 1.79. The normalized spacial score (nSPS) is 15.0. The standard InChI is InChI=1S/C25H25ClN4O2/c1-30(24(32)25(12-13-25)19-6-8-20(26)9-7-19)16-22(27)17-2-4-18(5-3-17)23(31)29-21-10-14-28-15-11-21/h2-11,14-15,22H,12-13,16,27H2,1H3,(H,28,29,31). The van der Waals surface area contributed by atoms with Crippen LogP contribution >= 0.6 is 11.6 Å². The molecule has 1 heterocycles. The van der Waals surface area contributed by atoms with E-state index in [1.807, 2.05) is 36.4 Å². The number of benzene rings is 2. The van der Waals surface area contributed by atoms with Crippen molar-refractivity contribution in [1.82, 2.24) is 9.88 Å². The van der Waals surface area contributed by atoms with Crippen molar-refractivity contribution < 1.29 is 9.59 Å². The number of amides is 2. The third-order valence-electron chi connectivity index (χ3n) is 5.91. The third kappa shape index (κ3) is 4.66. The van der Waals surface area contributed by atoms with Crippen LogP contribution in [0.3, 0.4) is 0 Å². The first-order chi connectivity index (χ1) is 15.4. The summed E-state index contributed by atoms with van der Waals surface area (Å²) in [6.45, 7) is 0.386. The van der Waals surface area contributed by atoms with Crippen molar-refractivity contribution in [1.29, 1.82) is 0 Å². The van der Waals surface area contributed by atoms with Gasteiger partial charge >= 0.3 is 0 Å². The molecule has 1 atom stereocenters. The SMILES string of the molecule is CN(CC(N)c1ccc(C(=O)Nc2ccncc2)cc1)C(=O)C1(c2ccc(Cl)cc2)CC1. The van der Waals surface area contributed by atoms with Crippen molar-refractivity contribution >= 4 is 29.1 Å². The number of nitrogens with zero attached hydrogens (tertiary/aromatic N) is 2. The fourth-order valence-electron chi connectivity index (χ4n) is 3.89. The molecular weight excluding hydrogens is 424 g/mol. The van der Waals surface area contributed by atoms with Crippen molar-refractivity contribution in [2.45, 2.75) is 24.3 Å². The van der Waals surface area contributed by atoms with Crippen LogP contribution in [0.2, 0.25) is 5.02 Å². The van der Waals surface area contributed by atoms with E-state index >= 15 is 0 Å². The molecule has 2 aromatic carbocycles. The third-order valence-corrected chi connectivity index (χ3v) is 6.16. The maximum Gasteiger partial charge on any atom is 0.255 e. The molecule has 1 aliphatic rings. The molecule has 4 rings (SSSR count). The van der Waals surface area contributed by atoms with Gasteiger partial charge in [-0.2, -0.15) is 0 Å². The largest absolute Gasteiger partial charge is 0.343 e. The highest BCUT2D eigenvalue weighted by Crippen LogP contribution is 2.49. The van der Waals surface area contributed by atoms with Gasteiger partial charge in [0.05, 0.1) is 5.41 Å². The second-order valence-corrected chi connectivity index (χ2v) is 8.63. The number of aromatic nitrogens is 1.